The topological polar surface area (TPSA) is 44.7 Å². The van der Waals surface area contributed by atoms with E-state index in [1.54, 1.807) is 24.3 Å². The molecule has 4 nitrogen and oxygen atoms in total. The molecule has 1 unspecified atom stereocenters. The number of hydrazone groups is 1. The van der Waals surface area contributed by atoms with Gasteiger partial charge in [-0.1, -0.05) is 42.3 Å². The first-order valence-electron chi connectivity index (χ1n) is 9.11. The molecule has 1 amide bonds. The van der Waals surface area contributed by atoms with Crippen molar-refractivity contribution in [1.29, 1.82) is 0 Å². The molecule has 0 saturated carbocycles. The standard InChI is InChI=1S/C21H22Cl3N3O/c1-21(11-2-12-22)14-27(26-20(21)15-3-5-16(23)6-4-15)13-19(28)25-18-9-7-17(24)8-10-18/h3-10H,2,11-14H2,1H3,(H,25,28). The third-order valence-electron chi connectivity index (χ3n) is 4.78. The molecule has 0 aliphatic carbocycles. The van der Waals surface area contributed by atoms with Gasteiger partial charge in [0.1, 0.15) is 6.54 Å². The molecule has 1 atom stereocenters. The number of nitrogens with zero attached hydrogens (tertiary/aromatic N) is 2. The van der Waals surface area contributed by atoms with Crippen LogP contribution in [0, 0.1) is 5.41 Å². The number of carbonyl (C=O) groups is 1. The van der Waals surface area contributed by atoms with E-state index in [0.717, 1.165) is 24.1 Å². The summed E-state index contributed by atoms with van der Waals surface area (Å²) in [6, 6.07) is 14.7. The molecule has 0 spiro atoms. The van der Waals surface area contributed by atoms with Crippen molar-refractivity contribution >= 4 is 52.1 Å². The van der Waals surface area contributed by atoms with Crippen LogP contribution >= 0.6 is 34.8 Å². The number of halogens is 3. The Balaban J connectivity index is 1.74. The van der Waals surface area contributed by atoms with E-state index >= 15 is 0 Å². The van der Waals surface area contributed by atoms with Crippen LogP contribution in [0.1, 0.15) is 25.3 Å². The van der Waals surface area contributed by atoms with Gasteiger partial charge < -0.3 is 5.32 Å². The molecule has 0 saturated heterocycles. The highest BCUT2D eigenvalue weighted by atomic mass is 35.5. The highest BCUT2D eigenvalue weighted by molar-refractivity contribution is 6.31. The lowest BCUT2D eigenvalue weighted by Gasteiger charge is -2.26. The Hall–Kier alpha value is -1.75. The molecule has 1 aliphatic heterocycles. The molecule has 2 aromatic rings. The number of benzene rings is 2. The maximum atomic E-state index is 12.5. The van der Waals surface area contributed by atoms with Crippen molar-refractivity contribution in [3.8, 4) is 0 Å². The fraction of sp³-hybridized carbons (Fsp3) is 0.333. The first kappa shape index (κ1) is 21.0. The second-order valence-corrected chi connectivity index (χ2v) is 8.44. The van der Waals surface area contributed by atoms with Gasteiger partial charge in [0.15, 0.2) is 0 Å². The van der Waals surface area contributed by atoms with Crippen molar-refractivity contribution in [1.82, 2.24) is 5.01 Å². The summed E-state index contributed by atoms with van der Waals surface area (Å²) in [4.78, 5) is 12.5. The van der Waals surface area contributed by atoms with E-state index in [0.29, 0.717) is 28.2 Å². The average molecular weight is 439 g/mol. The summed E-state index contributed by atoms with van der Waals surface area (Å²) in [5.41, 5.74) is 2.51. The maximum Gasteiger partial charge on any atom is 0.245 e. The molecule has 0 aromatic heterocycles. The molecule has 1 heterocycles. The van der Waals surface area contributed by atoms with E-state index in [9.17, 15) is 4.79 Å². The highest BCUT2D eigenvalue weighted by Crippen LogP contribution is 2.35. The molecule has 1 N–H and O–H groups in total. The van der Waals surface area contributed by atoms with Crippen LogP contribution in [0.4, 0.5) is 5.69 Å². The summed E-state index contributed by atoms with van der Waals surface area (Å²) < 4.78 is 0. The molecule has 3 rings (SSSR count). The van der Waals surface area contributed by atoms with E-state index in [-0.39, 0.29) is 17.9 Å². The fourth-order valence-corrected chi connectivity index (χ4v) is 3.82. The number of hydrogen-bond acceptors (Lipinski definition) is 3. The Bertz CT molecular complexity index is 852. The fourth-order valence-electron chi connectivity index (χ4n) is 3.43. The minimum atomic E-state index is -0.177. The Morgan fingerprint density at radius 1 is 1.11 bits per heavy atom. The number of carbonyl (C=O) groups excluding carboxylic acids is 1. The first-order valence-corrected chi connectivity index (χ1v) is 10.4. The van der Waals surface area contributed by atoms with Gasteiger partial charge in [-0.2, -0.15) is 5.10 Å². The van der Waals surface area contributed by atoms with Crippen molar-refractivity contribution in [2.24, 2.45) is 10.5 Å². The molecule has 2 aromatic carbocycles. The first-order chi connectivity index (χ1) is 13.4. The number of anilines is 1. The number of hydrogen-bond donors (Lipinski definition) is 1. The van der Waals surface area contributed by atoms with Gasteiger partial charge >= 0.3 is 0 Å². The van der Waals surface area contributed by atoms with Gasteiger partial charge in [0, 0.05) is 33.6 Å². The number of alkyl halides is 1. The lowest BCUT2D eigenvalue weighted by Crippen LogP contribution is -2.34. The predicted molar refractivity (Wildman–Crippen MR) is 118 cm³/mol. The van der Waals surface area contributed by atoms with E-state index < -0.39 is 0 Å². The summed E-state index contributed by atoms with van der Waals surface area (Å²) in [6.07, 6.45) is 1.78. The number of amides is 1. The van der Waals surface area contributed by atoms with E-state index in [4.69, 9.17) is 39.9 Å². The molecule has 0 fully saturated rings. The van der Waals surface area contributed by atoms with Gasteiger partial charge in [0.05, 0.1) is 5.71 Å². The van der Waals surface area contributed by atoms with Crippen LogP contribution < -0.4 is 5.32 Å². The van der Waals surface area contributed by atoms with E-state index in [1.807, 2.05) is 29.3 Å². The van der Waals surface area contributed by atoms with Gasteiger partial charge in [-0.15, -0.1) is 11.6 Å². The maximum absolute atomic E-state index is 12.5. The lowest BCUT2D eigenvalue weighted by atomic mass is 9.78. The molecule has 7 heteroatoms. The van der Waals surface area contributed by atoms with Crippen molar-refractivity contribution < 1.29 is 4.79 Å². The second-order valence-electron chi connectivity index (χ2n) is 7.19. The zero-order valence-electron chi connectivity index (χ0n) is 15.6. The zero-order valence-corrected chi connectivity index (χ0v) is 17.9. The quantitative estimate of drug-likeness (QED) is 0.565. The van der Waals surface area contributed by atoms with Crippen LogP contribution in [0.25, 0.3) is 0 Å². The predicted octanol–water partition coefficient (Wildman–Crippen LogP) is 5.68. The summed E-state index contributed by atoms with van der Waals surface area (Å²) in [5, 5.41) is 10.8. The Morgan fingerprint density at radius 3 is 2.32 bits per heavy atom. The Labute approximate surface area is 180 Å². The van der Waals surface area contributed by atoms with Crippen molar-refractivity contribution in [2.45, 2.75) is 19.8 Å². The summed E-state index contributed by atoms with van der Waals surface area (Å²) in [6.45, 7) is 3.01. The number of nitrogens with one attached hydrogen (secondary N) is 1. The molecular weight excluding hydrogens is 417 g/mol. The van der Waals surface area contributed by atoms with Gasteiger partial charge in [-0.25, -0.2) is 0 Å². The smallest absolute Gasteiger partial charge is 0.245 e. The third-order valence-corrected chi connectivity index (χ3v) is 5.55. The van der Waals surface area contributed by atoms with Gasteiger partial charge in [-0.3, -0.25) is 9.80 Å². The zero-order chi connectivity index (χ0) is 20.1. The molecule has 0 radical (unpaired) electrons. The Morgan fingerprint density at radius 2 is 1.71 bits per heavy atom. The van der Waals surface area contributed by atoms with Gasteiger partial charge in [-0.05, 0) is 54.8 Å². The van der Waals surface area contributed by atoms with Crippen LogP contribution in [0.3, 0.4) is 0 Å². The van der Waals surface area contributed by atoms with Crippen LogP contribution in [0.5, 0.6) is 0 Å². The normalized spacial score (nSPS) is 18.9. The average Bonchev–Trinajstić information content (AvgIpc) is 2.99. The van der Waals surface area contributed by atoms with Crippen LogP contribution in [-0.4, -0.2) is 35.6 Å². The van der Waals surface area contributed by atoms with E-state index in [1.165, 1.54) is 0 Å². The largest absolute Gasteiger partial charge is 0.324 e. The third kappa shape index (κ3) is 5.19. The van der Waals surface area contributed by atoms with Crippen molar-refractivity contribution in [3.05, 3.63) is 64.1 Å². The highest BCUT2D eigenvalue weighted by Gasteiger charge is 2.39. The van der Waals surface area contributed by atoms with Gasteiger partial charge in [0.2, 0.25) is 5.91 Å². The minimum Gasteiger partial charge on any atom is -0.324 e. The monoisotopic (exact) mass is 437 g/mol. The molecular formula is C21H22Cl3N3O. The summed E-state index contributed by atoms with van der Waals surface area (Å²) in [7, 11) is 0. The minimum absolute atomic E-state index is 0.122. The summed E-state index contributed by atoms with van der Waals surface area (Å²) in [5.74, 6) is 0.476. The lowest BCUT2D eigenvalue weighted by molar-refractivity contribution is -0.117. The van der Waals surface area contributed by atoms with Crippen molar-refractivity contribution in [3.63, 3.8) is 0 Å². The molecule has 1 aliphatic rings. The van der Waals surface area contributed by atoms with E-state index in [2.05, 4.69) is 12.2 Å². The van der Waals surface area contributed by atoms with Gasteiger partial charge in [0.25, 0.3) is 0 Å². The van der Waals surface area contributed by atoms with Crippen molar-refractivity contribution in [2.75, 3.05) is 24.3 Å². The molecule has 0 bridgehead atoms. The van der Waals surface area contributed by atoms with Crippen LogP contribution in [0.2, 0.25) is 10.0 Å². The molecule has 148 valence electrons. The van der Waals surface area contributed by atoms with Crippen LogP contribution in [0.15, 0.2) is 53.6 Å². The Kier molecular flexibility index (Phi) is 6.86. The second kappa shape index (κ2) is 9.17. The number of rotatable bonds is 7. The molecule has 28 heavy (non-hydrogen) atoms. The van der Waals surface area contributed by atoms with Crippen LogP contribution in [-0.2, 0) is 4.79 Å². The SMILES string of the molecule is CC1(CCCCl)CN(CC(=O)Nc2ccc(Cl)cc2)N=C1c1ccc(Cl)cc1. The summed E-state index contributed by atoms with van der Waals surface area (Å²) >= 11 is 17.8.